The van der Waals surface area contributed by atoms with Gasteiger partial charge in [0.15, 0.2) is 5.69 Å². The maximum atomic E-state index is 11.2. The molecule has 5 heteroatoms. The van der Waals surface area contributed by atoms with Crippen LogP contribution >= 0.6 is 23.5 Å². The van der Waals surface area contributed by atoms with Crippen molar-refractivity contribution in [3.05, 3.63) is 39.2 Å². The predicted molar refractivity (Wildman–Crippen MR) is 51.3 cm³/mol. The van der Waals surface area contributed by atoms with Crippen molar-refractivity contribution in [3.8, 4) is 0 Å². The molecule has 64 valence electrons. The Morgan fingerprint density at radius 2 is 2.17 bits per heavy atom. The van der Waals surface area contributed by atoms with E-state index in [1.165, 1.54) is 0 Å². The van der Waals surface area contributed by atoms with Crippen molar-refractivity contribution < 1.29 is 0 Å². The molecular formula is C7H5ClNO2S-. The fraction of sp³-hybridized carbons (Fsp3) is 0.143. The summed E-state index contributed by atoms with van der Waals surface area (Å²) in [6.07, 6.45) is 0. The highest BCUT2D eigenvalue weighted by Crippen LogP contribution is 2.46. The summed E-state index contributed by atoms with van der Waals surface area (Å²) in [5.41, 5.74) is 0.904. The largest absolute Gasteiger partial charge is 0.614 e. The molecule has 0 amide bonds. The fourth-order valence-electron chi connectivity index (χ4n) is 1.20. The van der Waals surface area contributed by atoms with Crippen LogP contribution in [-0.4, -0.2) is 0 Å². The predicted octanol–water partition coefficient (Wildman–Crippen LogP) is 2.80. The number of benzene rings is 1. The first-order valence-corrected chi connectivity index (χ1v) is 4.67. The van der Waals surface area contributed by atoms with E-state index >= 15 is 0 Å². The molecule has 0 saturated carbocycles. The number of quaternary nitrogens is 1. The van der Waals surface area contributed by atoms with Crippen molar-refractivity contribution in [2.45, 2.75) is 5.75 Å². The van der Waals surface area contributed by atoms with Gasteiger partial charge in [-0.05, 0) is 6.07 Å². The highest BCUT2D eigenvalue weighted by Gasteiger charge is 2.28. The minimum absolute atomic E-state index is 0.157. The summed E-state index contributed by atoms with van der Waals surface area (Å²) < 4.78 is -1.66. The lowest BCUT2D eigenvalue weighted by Crippen LogP contribution is -2.23. The zero-order valence-corrected chi connectivity index (χ0v) is 7.56. The molecule has 0 radical (unpaired) electrons. The molecule has 3 nitrogen and oxygen atoms in total. The van der Waals surface area contributed by atoms with Crippen LogP contribution < -0.4 is 4.21 Å². The Hall–Kier alpha value is -0.260. The van der Waals surface area contributed by atoms with Crippen LogP contribution in [0.5, 0.6) is 0 Å². The highest BCUT2D eigenvalue weighted by molar-refractivity contribution is 7.98. The molecule has 1 aromatic rings. The normalized spacial score (nSPS) is 19.2. The molecule has 1 aliphatic rings. The third-order valence-corrected chi connectivity index (χ3v) is 3.00. The van der Waals surface area contributed by atoms with Crippen LogP contribution in [0.15, 0.2) is 18.2 Å². The minimum Gasteiger partial charge on any atom is -0.614 e. The number of hydrogen-bond acceptors (Lipinski definition) is 3. The molecule has 1 aliphatic heterocycles. The molecule has 0 atom stereocenters. The molecule has 0 aromatic heterocycles. The monoisotopic (exact) mass is 202 g/mol. The van der Waals surface area contributed by atoms with Crippen molar-refractivity contribution in [2.24, 2.45) is 0 Å². The topological polar surface area (TPSA) is 46.1 Å². The van der Waals surface area contributed by atoms with Gasteiger partial charge in [-0.15, -0.1) is 0 Å². The van der Waals surface area contributed by atoms with E-state index in [9.17, 15) is 10.4 Å². The molecule has 1 heterocycles. The Morgan fingerprint density at radius 1 is 1.42 bits per heavy atom. The van der Waals surface area contributed by atoms with Crippen LogP contribution in [-0.2, 0) is 5.75 Å². The summed E-state index contributed by atoms with van der Waals surface area (Å²) in [4.78, 5) is 0. The lowest BCUT2D eigenvalue weighted by atomic mass is 10.2. The first-order chi connectivity index (χ1) is 5.61. The Balaban J connectivity index is 2.64. The number of hydrogen-bond donors (Lipinski definition) is 0. The Labute approximate surface area is 78.8 Å². The van der Waals surface area contributed by atoms with Crippen LogP contribution in [0.3, 0.4) is 0 Å². The molecule has 0 fully saturated rings. The Morgan fingerprint density at radius 3 is 2.83 bits per heavy atom. The zero-order chi connectivity index (χ0) is 8.77. The van der Waals surface area contributed by atoms with Gasteiger partial charge in [-0.2, -0.15) is 0 Å². The zero-order valence-electron chi connectivity index (χ0n) is 5.99. The molecule has 0 spiro atoms. The molecular weight excluding hydrogens is 198 g/mol. The van der Waals surface area contributed by atoms with Gasteiger partial charge in [0.05, 0.1) is 17.7 Å². The quantitative estimate of drug-likeness (QED) is 0.369. The molecule has 1 aromatic carbocycles. The van der Waals surface area contributed by atoms with Crippen LogP contribution in [0, 0.1) is 10.4 Å². The van der Waals surface area contributed by atoms with Gasteiger partial charge >= 0.3 is 0 Å². The lowest BCUT2D eigenvalue weighted by molar-refractivity contribution is 0.824. The van der Waals surface area contributed by atoms with Gasteiger partial charge in [-0.1, -0.05) is 23.7 Å². The van der Waals surface area contributed by atoms with Crippen LogP contribution in [0.1, 0.15) is 5.56 Å². The van der Waals surface area contributed by atoms with Gasteiger partial charge in [-0.25, -0.2) is 0 Å². The molecule has 12 heavy (non-hydrogen) atoms. The van der Waals surface area contributed by atoms with Gasteiger partial charge < -0.3 is 14.6 Å². The third kappa shape index (κ3) is 1.12. The second kappa shape index (κ2) is 2.61. The second-order valence-electron chi connectivity index (χ2n) is 2.52. The first kappa shape index (κ1) is 8.34. The summed E-state index contributed by atoms with van der Waals surface area (Å²) in [6.45, 7) is 0. The van der Waals surface area contributed by atoms with E-state index in [4.69, 9.17) is 11.6 Å². The van der Waals surface area contributed by atoms with E-state index < -0.39 is 4.21 Å². The second-order valence-corrected chi connectivity index (χ2v) is 3.95. The van der Waals surface area contributed by atoms with Crippen LogP contribution in [0.4, 0.5) is 5.69 Å². The summed E-state index contributed by atoms with van der Waals surface area (Å²) >= 11 is 6.51. The molecule has 0 aliphatic carbocycles. The molecule has 2 rings (SSSR count). The maximum Gasteiger partial charge on any atom is 0.167 e. The van der Waals surface area contributed by atoms with E-state index in [2.05, 4.69) is 0 Å². The summed E-state index contributed by atoms with van der Waals surface area (Å²) in [7, 11) is 0. The Bertz CT molecular complexity index is 329. The number of nitrogens with zero attached hydrogens (tertiary/aromatic N) is 1. The highest BCUT2D eigenvalue weighted by atomic mass is 35.5. The van der Waals surface area contributed by atoms with Gasteiger partial charge in [-0.3, -0.25) is 0 Å². The molecule has 0 N–H and O–H groups in total. The number of fused-ring (bicyclic) bond motifs is 1. The first-order valence-electron chi connectivity index (χ1n) is 3.35. The van der Waals surface area contributed by atoms with Crippen molar-refractivity contribution in [1.29, 1.82) is 0 Å². The smallest absolute Gasteiger partial charge is 0.167 e. The van der Waals surface area contributed by atoms with Gasteiger partial charge in [0.2, 0.25) is 0 Å². The van der Waals surface area contributed by atoms with E-state index in [0.29, 0.717) is 5.75 Å². The van der Waals surface area contributed by atoms with E-state index in [1.807, 2.05) is 0 Å². The van der Waals surface area contributed by atoms with E-state index in [0.717, 1.165) is 17.5 Å². The van der Waals surface area contributed by atoms with Crippen molar-refractivity contribution in [3.63, 3.8) is 0 Å². The minimum atomic E-state index is -1.66. The lowest BCUT2D eigenvalue weighted by Gasteiger charge is -2.39. The van der Waals surface area contributed by atoms with Gasteiger partial charge in [0.25, 0.3) is 0 Å². The van der Waals surface area contributed by atoms with Crippen molar-refractivity contribution in [2.75, 3.05) is 0 Å². The molecule has 0 unspecified atom stereocenters. The van der Waals surface area contributed by atoms with E-state index in [1.54, 1.807) is 18.2 Å². The average molecular weight is 203 g/mol. The number of rotatable bonds is 0. The maximum absolute atomic E-state index is 11.2. The SMILES string of the molecule is [O-][N+]1([O-])SCc2cccc(Cl)c21. The van der Waals surface area contributed by atoms with Gasteiger partial charge in [0, 0.05) is 5.56 Å². The summed E-state index contributed by atoms with van der Waals surface area (Å²) in [5, 5.41) is 22.7. The number of halogens is 1. The van der Waals surface area contributed by atoms with Crippen LogP contribution in [0.25, 0.3) is 0 Å². The van der Waals surface area contributed by atoms with Crippen LogP contribution in [0.2, 0.25) is 5.02 Å². The Kier molecular flexibility index (Phi) is 1.82. The summed E-state index contributed by atoms with van der Waals surface area (Å²) in [6, 6.07) is 5.06. The summed E-state index contributed by atoms with van der Waals surface area (Å²) in [5.74, 6) is 0.447. The van der Waals surface area contributed by atoms with E-state index in [-0.39, 0.29) is 10.7 Å². The van der Waals surface area contributed by atoms with Crippen molar-refractivity contribution in [1.82, 2.24) is 4.21 Å². The van der Waals surface area contributed by atoms with Gasteiger partial charge in [0.1, 0.15) is 5.02 Å². The molecule has 0 saturated heterocycles. The third-order valence-electron chi connectivity index (χ3n) is 1.73. The molecule has 0 bridgehead atoms. The fourth-order valence-corrected chi connectivity index (χ4v) is 2.44. The average Bonchev–Trinajstić information content (AvgIpc) is 2.29. The van der Waals surface area contributed by atoms with Crippen molar-refractivity contribution >= 4 is 29.2 Å². The standard InChI is InChI=1S/C7H5ClNO2S/c8-6-3-1-2-5-4-12-9(10,11)7(5)6/h1-3H,4H2/q-1.